The van der Waals surface area contributed by atoms with Crippen LogP contribution in [0.2, 0.25) is 0 Å². The molecule has 0 radical (unpaired) electrons. The molecule has 5 heteroatoms. The molecular formula is C17H18N2O3. The number of anilines is 1. The van der Waals surface area contributed by atoms with E-state index in [1.165, 1.54) is 6.20 Å². The number of pyridine rings is 1. The highest BCUT2D eigenvalue weighted by molar-refractivity contribution is 5.93. The molecule has 1 N–H and O–H groups in total. The monoisotopic (exact) mass is 298 g/mol. The number of nitrogens with one attached hydrogen (secondary N) is 1. The van der Waals surface area contributed by atoms with Gasteiger partial charge in [0.2, 0.25) is 0 Å². The summed E-state index contributed by atoms with van der Waals surface area (Å²) in [5.41, 5.74) is 1.62. The molecule has 0 spiro atoms. The van der Waals surface area contributed by atoms with Crippen LogP contribution >= 0.6 is 0 Å². The molecule has 0 aliphatic carbocycles. The maximum absolute atomic E-state index is 11.8. The summed E-state index contributed by atoms with van der Waals surface area (Å²) in [6.45, 7) is 5.30. The lowest BCUT2D eigenvalue weighted by molar-refractivity contribution is 0.0636. The van der Waals surface area contributed by atoms with Crippen LogP contribution in [0.15, 0.2) is 42.6 Å². The molecule has 5 nitrogen and oxygen atoms in total. The van der Waals surface area contributed by atoms with E-state index in [2.05, 4.69) is 10.3 Å². The van der Waals surface area contributed by atoms with E-state index in [0.717, 1.165) is 5.56 Å². The Balaban J connectivity index is 2.24. The molecule has 1 amide bonds. The zero-order chi connectivity index (χ0) is 16.2. The van der Waals surface area contributed by atoms with Gasteiger partial charge >= 0.3 is 6.09 Å². The Labute approximate surface area is 129 Å². The molecule has 0 unspecified atom stereocenters. The largest absolute Gasteiger partial charge is 0.444 e. The van der Waals surface area contributed by atoms with Crippen LogP contribution in [-0.4, -0.2) is 23.0 Å². The van der Waals surface area contributed by atoms with Gasteiger partial charge in [0.05, 0.1) is 17.6 Å². The van der Waals surface area contributed by atoms with Crippen molar-refractivity contribution < 1.29 is 14.3 Å². The number of benzene rings is 1. The van der Waals surface area contributed by atoms with Gasteiger partial charge in [-0.1, -0.05) is 30.3 Å². The molecule has 2 rings (SSSR count). The molecule has 0 fully saturated rings. The second-order valence-corrected chi connectivity index (χ2v) is 5.77. The van der Waals surface area contributed by atoms with Crippen LogP contribution in [0, 0.1) is 0 Å². The van der Waals surface area contributed by atoms with Crippen molar-refractivity contribution >= 4 is 18.1 Å². The molecule has 2 aromatic rings. The highest BCUT2D eigenvalue weighted by Crippen LogP contribution is 2.22. The number of ether oxygens (including phenoxy) is 1. The highest BCUT2D eigenvalue weighted by atomic mass is 16.6. The highest BCUT2D eigenvalue weighted by Gasteiger charge is 2.17. The molecule has 1 heterocycles. The normalized spacial score (nSPS) is 10.9. The van der Waals surface area contributed by atoms with Crippen LogP contribution in [0.1, 0.15) is 31.1 Å². The Morgan fingerprint density at radius 2 is 1.91 bits per heavy atom. The van der Waals surface area contributed by atoms with Crippen LogP contribution in [0.4, 0.5) is 10.5 Å². The lowest BCUT2D eigenvalue weighted by atomic mass is 10.1. The SMILES string of the molecule is CC(C)(C)OC(=O)Nc1cnc(-c2ccccc2)cc1C=O. The maximum atomic E-state index is 11.8. The summed E-state index contributed by atoms with van der Waals surface area (Å²) in [6.07, 6.45) is 1.52. The first-order chi connectivity index (χ1) is 10.4. The third kappa shape index (κ3) is 4.15. The van der Waals surface area contributed by atoms with Gasteiger partial charge in [0.25, 0.3) is 0 Å². The first-order valence-corrected chi connectivity index (χ1v) is 6.90. The summed E-state index contributed by atoms with van der Waals surface area (Å²) in [5, 5.41) is 2.54. The average molecular weight is 298 g/mol. The van der Waals surface area contributed by atoms with Gasteiger partial charge in [0.1, 0.15) is 5.60 Å². The topological polar surface area (TPSA) is 68.3 Å². The predicted molar refractivity (Wildman–Crippen MR) is 84.9 cm³/mol. The summed E-state index contributed by atoms with van der Waals surface area (Å²) < 4.78 is 5.16. The fourth-order valence-electron chi connectivity index (χ4n) is 1.85. The number of hydrogen-bond acceptors (Lipinski definition) is 4. The molecule has 22 heavy (non-hydrogen) atoms. The minimum Gasteiger partial charge on any atom is -0.444 e. The third-order valence-corrected chi connectivity index (χ3v) is 2.77. The van der Waals surface area contributed by atoms with Crippen molar-refractivity contribution in [1.82, 2.24) is 4.98 Å². The van der Waals surface area contributed by atoms with E-state index in [9.17, 15) is 9.59 Å². The number of rotatable bonds is 3. The fourth-order valence-corrected chi connectivity index (χ4v) is 1.85. The van der Waals surface area contributed by atoms with Gasteiger partial charge in [-0.25, -0.2) is 4.79 Å². The number of carbonyl (C=O) groups is 2. The van der Waals surface area contributed by atoms with Crippen molar-refractivity contribution in [1.29, 1.82) is 0 Å². The van der Waals surface area contributed by atoms with Crippen molar-refractivity contribution in [3.05, 3.63) is 48.2 Å². The van der Waals surface area contributed by atoms with Crippen LogP contribution in [0.3, 0.4) is 0 Å². The molecule has 0 aliphatic rings. The average Bonchev–Trinajstić information content (AvgIpc) is 2.46. The molecule has 0 aliphatic heterocycles. The second-order valence-electron chi connectivity index (χ2n) is 5.77. The van der Waals surface area contributed by atoms with E-state index >= 15 is 0 Å². The standard InChI is InChI=1S/C17H18N2O3/c1-17(2,3)22-16(21)19-15-10-18-14(9-13(15)11-20)12-7-5-4-6-8-12/h4-11H,1-3H3,(H,19,21). The Hall–Kier alpha value is -2.69. The number of carbonyl (C=O) groups excluding carboxylic acids is 2. The van der Waals surface area contributed by atoms with Crippen LogP contribution in [0.5, 0.6) is 0 Å². The minimum absolute atomic E-state index is 0.323. The fraction of sp³-hybridized carbons (Fsp3) is 0.235. The van der Waals surface area contributed by atoms with Crippen LogP contribution in [0.25, 0.3) is 11.3 Å². The lowest BCUT2D eigenvalue weighted by Gasteiger charge is -2.20. The third-order valence-electron chi connectivity index (χ3n) is 2.77. The predicted octanol–water partition coefficient (Wildman–Crippen LogP) is 3.91. The van der Waals surface area contributed by atoms with E-state index in [-0.39, 0.29) is 0 Å². The Morgan fingerprint density at radius 1 is 1.23 bits per heavy atom. The van der Waals surface area contributed by atoms with Crippen molar-refractivity contribution in [3.8, 4) is 11.3 Å². The lowest BCUT2D eigenvalue weighted by Crippen LogP contribution is -2.27. The van der Waals surface area contributed by atoms with Crippen LogP contribution < -0.4 is 5.32 Å². The summed E-state index contributed by atoms with van der Waals surface area (Å²) in [5.74, 6) is 0. The van der Waals surface area contributed by atoms with Crippen molar-refractivity contribution in [2.24, 2.45) is 0 Å². The van der Waals surface area contributed by atoms with Gasteiger partial charge in [0.15, 0.2) is 6.29 Å². The molecule has 0 atom stereocenters. The van der Waals surface area contributed by atoms with Gasteiger partial charge in [0, 0.05) is 11.1 Å². The Bertz CT molecular complexity index is 676. The molecule has 1 aromatic carbocycles. The zero-order valence-electron chi connectivity index (χ0n) is 12.8. The van der Waals surface area contributed by atoms with Crippen molar-refractivity contribution in [3.63, 3.8) is 0 Å². The number of nitrogens with zero attached hydrogens (tertiary/aromatic N) is 1. The van der Waals surface area contributed by atoms with E-state index in [0.29, 0.717) is 23.2 Å². The van der Waals surface area contributed by atoms with Crippen molar-refractivity contribution in [2.75, 3.05) is 5.32 Å². The quantitative estimate of drug-likeness (QED) is 0.872. The van der Waals surface area contributed by atoms with E-state index in [1.807, 2.05) is 30.3 Å². The van der Waals surface area contributed by atoms with E-state index < -0.39 is 11.7 Å². The van der Waals surface area contributed by atoms with Gasteiger partial charge in [-0.3, -0.25) is 15.1 Å². The van der Waals surface area contributed by atoms with Gasteiger partial charge in [-0.2, -0.15) is 0 Å². The summed E-state index contributed by atoms with van der Waals surface area (Å²) >= 11 is 0. The molecular weight excluding hydrogens is 280 g/mol. The summed E-state index contributed by atoms with van der Waals surface area (Å²) in [7, 11) is 0. The second kappa shape index (κ2) is 6.39. The smallest absolute Gasteiger partial charge is 0.412 e. The zero-order valence-corrected chi connectivity index (χ0v) is 12.8. The molecule has 0 bridgehead atoms. The maximum Gasteiger partial charge on any atom is 0.412 e. The Morgan fingerprint density at radius 3 is 2.50 bits per heavy atom. The minimum atomic E-state index is -0.620. The van der Waals surface area contributed by atoms with Gasteiger partial charge in [-0.05, 0) is 26.8 Å². The van der Waals surface area contributed by atoms with Gasteiger partial charge in [-0.15, -0.1) is 0 Å². The first kappa shape index (κ1) is 15.7. The number of aromatic nitrogens is 1. The van der Waals surface area contributed by atoms with E-state index in [4.69, 9.17) is 4.74 Å². The number of hydrogen-bond donors (Lipinski definition) is 1. The molecule has 0 saturated heterocycles. The molecule has 1 aromatic heterocycles. The first-order valence-electron chi connectivity index (χ1n) is 6.90. The molecule has 0 saturated carbocycles. The van der Waals surface area contributed by atoms with Crippen molar-refractivity contribution in [2.45, 2.75) is 26.4 Å². The number of amides is 1. The van der Waals surface area contributed by atoms with Crippen LogP contribution in [-0.2, 0) is 4.74 Å². The van der Waals surface area contributed by atoms with Gasteiger partial charge < -0.3 is 4.74 Å². The van der Waals surface area contributed by atoms with E-state index in [1.54, 1.807) is 26.8 Å². The number of aldehydes is 1. The Kier molecular flexibility index (Phi) is 4.56. The summed E-state index contributed by atoms with van der Waals surface area (Å²) in [6, 6.07) is 11.1. The molecule has 114 valence electrons. The summed E-state index contributed by atoms with van der Waals surface area (Å²) in [4.78, 5) is 27.3.